The van der Waals surface area contributed by atoms with Gasteiger partial charge >= 0.3 is 0 Å². The van der Waals surface area contributed by atoms with Crippen molar-refractivity contribution in [1.82, 2.24) is 0 Å². The van der Waals surface area contributed by atoms with Crippen molar-refractivity contribution in [2.24, 2.45) is 0 Å². The Labute approximate surface area is 108 Å². The SMILES string of the molecule is c1ccc(C2CCC3(CC2)OCCCS3)cc1. The van der Waals surface area contributed by atoms with Crippen LogP contribution < -0.4 is 0 Å². The maximum atomic E-state index is 6.05. The molecule has 0 unspecified atom stereocenters. The van der Waals surface area contributed by atoms with Gasteiger partial charge in [-0.2, -0.15) is 0 Å². The highest BCUT2D eigenvalue weighted by atomic mass is 32.2. The molecule has 1 aromatic carbocycles. The minimum absolute atomic E-state index is 0.184. The monoisotopic (exact) mass is 248 g/mol. The number of rotatable bonds is 1. The van der Waals surface area contributed by atoms with E-state index in [-0.39, 0.29) is 4.93 Å². The van der Waals surface area contributed by atoms with Gasteiger partial charge in [-0.1, -0.05) is 30.3 Å². The Morgan fingerprint density at radius 1 is 1.12 bits per heavy atom. The van der Waals surface area contributed by atoms with Gasteiger partial charge in [0.15, 0.2) is 0 Å². The van der Waals surface area contributed by atoms with E-state index in [0.29, 0.717) is 0 Å². The molecular weight excluding hydrogens is 228 g/mol. The van der Waals surface area contributed by atoms with Crippen LogP contribution in [0.5, 0.6) is 0 Å². The van der Waals surface area contributed by atoms with Gasteiger partial charge in [0.1, 0.15) is 4.93 Å². The molecule has 1 saturated carbocycles. The van der Waals surface area contributed by atoms with Crippen LogP contribution in [-0.4, -0.2) is 17.3 Å². The second-order valence-corrected chi connectivity index (χ2v) is 6.59. The van der Waals surface area contributed by atoms with Crippen molar-refractivity contribution in [1.29, 1.82) is 0 Å². The van der Waals surface area contributed by atoms with Crippen molar-refractivity contribution in [3.05, 3.63) is 35.9 Å². The molecule has 0 atom stereocenters. The third-order valence-electron chi connectivity index (χ3n) is 4.04. The Morgan fingerprint density at radius 2 is 1.88 bits per heavy atom. The number of benzene rings is 1. The van der Waals surface area contributed by atoms with Crippen LogP contribution in [0.4, 0.5) is 0 Å². The molecule has 0 bridgehead atoms. The minimum atomic E-state index is 0.184. The van der Waals surface area contributed by atoms with E-state index >= 15 is 0 Å². The Hall–Kier alpha value is -0.470. The summed E-state index contributed by atoms with van der Waals surface area (Å²) in [4.78, 5) is 0.184. The molecule has 0 N–H and O–H groups in total. The molecule has 2 fully saturated rings. The van der Waals surface area contributed by atoms with Crippen molar-refractivity contribution in [2.75, 3.05) is 12.4 Å². The first-order valence-electron chi connectivity index (χ1n) is 6.71. The Balaban J connectivity index is 1.64. The molecule has 1 aromatic rings. The normalized spacial score (nSPS) is 33.8. The van der Waals surface area contributed by atoms with Gasteiger partial charge in [-0.3, -0.25) is 0 Å². The topological polar surface area (TPSA) is 9.23 Å². The molecule has 0 aromatic heterocycles. The van der Waals surface area contributed by atoms with Crippen molar-refractivity contribution in [3.8, 4) is 0 Å². The Bertz CT molecular complexity index is 346. The van der Waals surface area contributed by atoms with Crippen molar-refractivity contribution >= 4 is 11.8 Å². The van der Waals surface area contributed by atoms with Crippen LogP contribution in [0.1, 0.15) is 43.6 Å². The molecule has 1 heterocycles. The van der Waals surface area contributed by atoms with Gasteiger partial charge in [-0.25, -0.2) is 0 Å². The summed E-state index contributed by atoms with van der Waals surface area (Å²) in [6.45, 7) is 0.975. The summed E-state index contributed by atoms with van der Waals surface area (Å²) >= 11 is 2.06. The van der Waals surface area contributed by atoms with E-state index in [9.17, 15) is 0 Å². The molecule has 1 spiro atoms. The number of ether oxygens (including phenoxy) is 1. The second-order valence-electron chi connectivity index (χ2n) is 5.15. The number of hydrogen-bond donors (Lipinski definition) is 0. The fourth-order valence-corrected chi connectivity index (χ4v) is 4.35. The van der Waals surface area contributed by atoms with Gasteiger partial charge < -0.3 is 4.74 Å². The van der Waals surface area contributed by atoms with E-state index in [0.717, 1.165) is 12.5 Å². The quantitative estimate of drug-likeness (QED) is 0.737. The molecule has 17 heavy (non-hydrogen) atoms. The average molecular weight is 248 g/mol. The zero-order valence-electron chi connectivity index (χ0n) is 10.2. The van der Waals surface area contributed by atoms with Crippen molar-refractivity contribution in [2.45, 2.75) is 43.0 Å². The summed E-state index contributed by atoms with van der Waals surface area (Å²) in [5, 5.41) is 0. The fraction of sp³-hybridized carbons (Fsp3) is 0.600. The first kappa shape index (κ1) is 11.6. The summed E-state index contributed by atoms with van der Waals surface area (Å²) in [5.74, 6) is 2.05. The lowest BCUT2D eigenvalue weighted by Gasteiger charge is -2.42. The third kappa shape index (κ3) is 2.53. The van der Waals surface area contributed by atoms with E-state index in [4.69, 9.17) is 4.74 Å². The minimum Gasteiger partial charge on any atom is -0.364 e. The summed E-state index contributed by atoms with van der Waals surface area (Å²) < 4.78 is 6.05. The van der Waals surface area contributed by atoms with Crippen molar-refractivity contribution in [3.63, 3.8) is 0 Å². The molecule has 3 rings (SSSR count). The van der Waals surface area contributed by atoms with Crippen LogP contribution in [0.2, 0.25) is 0 Å². The summed E-state index contributed by atoms with van der Waals surface area (Å²) in [7, 11) is 0. The Morgan fingerprint density at radius 3 is 2.53 bits per heavy atom. The van der Waals surface area contributed by atoms with E-state index in [1.807, 2.05) is 0 Å². The zero-order chi connectivity index (χ0) is 11.6. The van der Waals surface area contributed by atoms with Gasteiger partial charge in [0.05, 0.1) is 0 Å². The predicted octanol–water partition coefficient (Wildman–Crippen LogP) is 4.19. The van der Waals surface area contributed by atoms with E-state index in [2.05, 4.69) is 42.1 Å². The molecule has 92 valence electrons. The molecule has 1 nitrogen and oxygen atoms in total. The Kier molecular flexibility index (Phi) is 3.44. The molecule has 2 heteroatoms. The first-order valence-corrected chi connectivity index (χ1v) is 7.69. The number of thioether (sulfide) groups is 1. The van der Waals surface area contributed by atoms with Crippen LogP contribution in [0.25, 0.3) is 0 Å². The van der Waals surface area contributed by atoms with Gasteiger partial charge in [0.25, 0.3) is 0 Å². The fourth-order valence-electron chi connectivity index (χ4n) is 3.02. The highest BCUT2D eigenvalue weighted by Crippen LogP contribution is 2.47. The molecule has 1 aliphatic carbocycles. The zero-order valence-corrected chi connectivity index (χ0v) is 11.0. The summed E-state index contributed by atoms with van der Waals surface area (Å²) in [5.41, 5.74) is 1.52. The summed E-state index contributed by atoms with van der Waals surface area (Å²) in [6.07, 6.45) is 6.27. The van der Waals surface area contributed by atoms with E-state index < -0.39 is 0 Å². The van der Waals surface area contributed by atoms with E-state index in [1.165, 1.54) is 43.4 Å². The molecule has 0 radical (unpaired) electrons. The van der Waals surface area contributed by atoms with Gasteiger partial charge in [0, 0.05) is 6.61 Å². The molecule has 1 aliphatic heterocycles. The predicted molar refractivity (Wildman–Crippen MR) is 73.4 cm³/mol. The lowest BCUT2D eigenvalue weighted by molar-refractivity contribution is -0.00884. The average Bonchev–Trinajstić information content (AvgIpc) is 2.42. The van der Waals surface area contributed by atoms with Crippen LogP contribution in [0.15, 0.2) is 30.3 Å². The molecule has 2 aliphatic rings. The van der Waals surface area contributed by atoms with Crippen LogP contribution in [0.3, 0.4) is 0 Å². The highest BCUT2D eigenvalue weighted by Gasteiger charge is 2.38. The number of hydrogen-bond acceptors (Lipinski definition) is 2. The van der Waals surface area contributed by atoms with Crippen LogP contribution >= 0.6 is 11.8 Å². The summed E-state index contributed by atoms with van der Waals surface area (Å²) in [6, 6.07) is 11.0. The first-order chi connectivity index (χ1) is 8.38. The maximum Gasteiger partial charge on any atom is 0.113 e. The van der Waals surface area contributed by atoms with Gasteiger partial charge in [-0.05, 0) is 49.3 Å². The molecular formula is C15H20OS. The van der Waals surface area contributed by atoms with Crippen LogP contribution in [0, 0.1) is 0 Å². The van der Waals surface area contributed by atoms with Gasteiger partial charge in [-0.15, -0.1) is 11.8 Å². The third-order valence-corrected chi connectivity index (χ3v) is 5.58. The smallest absolute Gasteiger partial charge is 0.113 e. The highest BCUT2D eigenvalue weighted by molar-refractivity contribution is 8.00. The largest absolute Gasteiger partial charge is 0.364 e. The second kappa shape index (κ2) is 5.03. The maximum absolute atomic E-state index is 6.05. The van der Waals surface area contributed by atoms with Crippen LogP contribution in [-0.2, 0) is 4.74 Å². The molecule has 0 amide bonds. The standard InChI is InChI=1S/C15H20OS/c1-2-5-13(6-3-1)14-7-9-15(10-8-14)16-11-4-12-17-15/h1-3,5-6,14H,4,7-12H2. The lowest BCUT2D eigenvalue weighted by Crippen LogP contribution is -2.36. The lowest BCUT2D eigenvalue weighted by atomic mass is 9.82. The molecule has 1 saturated heterocycles. The van der Waals surface area contributed by atoms with E-state index in [1.54, 1.807) is 0 Å². The van der Waals surface area contributed by atoms with Gasteiger partial charge in [0.2, 0.25) is 0 Å². The van der Waals surface area contributed by atoms with Crippen molar-refractivity contribution < 1.29 is 4.74 Å².